The summed E-state index contributed by atoms with van der Waals surface area (Å²) in [5, 5.41) is 0. The van der Waals surface area contributed by atoms with E-state index in [1.807, 2.05) is 0 Å². The molecule has 1 spiro atoms. The Balaban J connectivity index is 1.28. The van der Waals surface area contributed by atoms with Gasteiger partial charge in [-0.25, -0.2) is 0 Å². The van der Waals surface area contributed by atoms with Gasteiger partial charge in [-0.2, -0.15) is 0 Å². The fraction of sp³-hybridized carbons (Fsp3) is 0.650. The van der Waals surface area contributed by atoms with Crippen LogP contribution in [0.1, 0.15) is 37.7 Å². The maximum Gasteiger partial charge on any atom is 0.323 e. The van der Waals surface area contributed by atoms with Gasteiger partial charge in [-0.3, -0.25) is 14.6 Å². The SMILES string of the molecule is O=C1OCC[C@H]1N1CCC2(CCN(Cc3ccccc3)CC2)CC1. The number of carbonyl (C=O) groups excluding carboxylic acids is 1. The van der Waals surface area contributed by atoms with Crippen LogP contribution in [0.2, 0.25) is 0 Å². The number of piperidine rings is 2. The molecule has 4 heteroatoms. The molecule has 0 aromatic heterocycles. The Bertz CT molecular complexity index is 556. The van der Waals surface area contributed by atoms with Crippen molar-refractivity contribution in [1.29, 1.82) is 0 Å². The lowest BCUT2D eigenvalue weighted by molar-refractivity contribution is -0.143. The third-order valence-corrected chi connectivity index (χ3v) is 6.37. The summed E-state index contributed by atoms with van der Waals surface area (Å²) in [6.45, 7) is 6.24. The molecule has 0 amide bonds. The van der Waals surface area contributed by atoms with Gasteiger partial charge in [0.15, 0.2) is 0 Å². The second kappa shape index (κ2) is 6.85. The predicted molar refractivity (Wildman–Crippen MR) is 93.6 cm³/mol. The Kier molecular flexibility index (Phi) is 4.59. The van der Waals surface area contributed by atoms with Gasteiger partial charge in [-0.1, -0.05) is 30.3 Å². The Morgan fingerprint density at radius 1 is 1.00 bits per heavy atom. The molecule has 0 radical (unpaired) electrons. The highest BCUT2D eigenvalue weighted by Gasteiger charge is 2.41. The van der Waals surface area contributed by atoms with E-state index in [1.54, 1.807) is 0 Å². The quantitative estimate of drug-likeness (QED) is 0.799. The maximum atomic E-state index is 11.8. The molecule has 0 aliphatic carbocycles. The standard InChI is InChI=1S/C20H28N2O2/c23-19-18(6-15-24-19)22-13-9-20(10-14-22)7-11-21(12-8-20)16-17-4-2-1-3-5-17/h1-5,18H,6-16H2/t18-/m1/s1. The largest absolute Gasteiger partial charge is 0.464 e. The van der Waals surface area contributed by atoms with Gasteiger partial charge in [0.2, 0.25) is 0 Å². The Morgan fingerprint density at radius 2 is 1.67 bits per heavy atom. The number of cyclic esters (lactones) is 1. The van der Waals surface area contributed by atoms with Gasteiger partial charge in [-0.15, -0.1) is 0 Å². The molecule has 0 unspecified atom stereocenters. The van der Waals surface area contributed by atoms with Crippen molar-refractivity contribution in [3.8, 4) is 0 Å². The Labute approximate surface area is 144 Å². The monoisotopic (exact) mass is 328 g/mol. The predicted octanol–water partition coefficient (Wildman–Crippen LogP) is 2.68. The molecule has 1 aromatic rings. The first-order valence-corrected chi connectivity index (χ1v) is 9.41. The fourth-order valence-corrected chi connectivity index (χ4v) is 4.65. The van der Waals surface area contributed by atoms with Crippen LogP contribution in [-0.4, -0.2) is 54.6 Å². The van der Waals surface area contributed by atoms with Crippen LogP contribution in [0.3, 0.4) is 0 Å². The molecular formula is C20H28N2O2. The van der Waals surface area contributed by atoms with Gasteiger partial charge in [0.05, 0.1) is 6.61 Å². The second-order valence-corrected chi connectivity index (χ2v) is 7.77. The summed E-state index contributed by atoms with van der Waals surface area (Å²) < 4.78 is 5.14. The average Bonchev–Trinajstić information content (AvgIpc) is 3.05. The molecule has 0 bridgehead atoms. The lowest BCUT2D eigenvalue weighted by atomic mass is 9.71. The molecule has 3 saturated heterocycles. The van der Waals surface area contributed by atoms with E-state index in [0.29, 0.717) is 12.0 Å². The summed E-state index contributed by atoms with van der Waals surface area (Å²) in [6.07, 6.45) is 5.99. The first-order chi connectivity index (χ1) is 11.7. The zero-order valence-electron chi connectivity index (χ0n) is 14.5. The van der Waals surface area contributed by atoms with E-state index in [0.717, 1.165) is 26.1 Å². The number of rotatable bonds is 3. The van der Waals surface area contributed by atoms with Crippen molar-refractivity contribution in [2.24, 2.45) is 5.41 Å². The highest BCUT2D eigenvalue weighted by Crippen LogP contribution is 2.42. The number of nitrogens with zero attached hydrogens (tertiary/aromatic N) is 2. The number of hydrogen-bond donors (Lipinski definition) is 0. The van der Waals surface area contributed by atoms with E-state index < -0.39 is 0 Å². The molecule has 130 valence electrons. The third kappa shape index (κ3) is 3.35. The van der Waals surface area contributed by atoms with Gasteiger partial charge in [0.25, 0.3) is 0 Å². The van der Waals surface area contributed by atoms with Gasteiger partial charge >= 0.3 is 5.97 Å². The molecular weight excluding hydrogens is 300 g/mol. The van der Waals surface area contributed by atoms with Crippen LogP contribution in [0, 0.1) is 5.41 Å². The van der Waals surface area contributed by atoms with Crippen LogP contribution in [0.25, 0.3) is 0 Å². The van der Waals surface area contributed by atoms with Crippen molar-refractivity contribution >= 4 is 5.97 Å². The van der Waals surface area contributed by atoms with Gasteiger partial charge in [0.1, 0.15) is 6.04 Å². The lowest BCUT2D eigenvalue weighted by Crippen LogP contribution is -2.50. The second-order valence-electron chi connectivity index (χ2n) is 7.77. The zero-order chi connectivity index (χ0) is 16.4. The molecule has 3 fully saturated rings. The molecule has 1 aromatic carbocycles. The Hall–Kier alpha value is -1.39. The van der Waals surface area contributed by atoms with E-state index in [1.165, 1.54) is 44.3 Å². The minimum absolute atomic E-state index is 0.00336. The highest BCUT2D eigenvalue weighted by atomic mass is 16.5. The van der Waals surface area contributed by atoms with E-state index in [2.05, 4.69) is 40.1 Å². The summed E-state index contributed by atoms with van der Waals surface area (Å²) >= 11 is 0. The van der Waals surface area contributed by atoms with Gasteiger partial charge < -0.3 is 4.74 Å². The molecule has 4 nitrogen and oxygen atoms in total. The first kappa shape index (κ1) is 16.1. The summed E-state index contributed by atoms with van der Waals surface area (Å²) in [6, 6.07) is 10.8. The van der Waals surface area contributed by atoms with Crippen LogP contribution in [0.15, 0.2) is 30.3 Å². The van der Waals surface area contributed by atoms with Gasteiger partial charge in [0, 0.05) is 13.0 Å². The zero-order valence-corrected chi connectivity index (χ0v) is 14.5. The van der Waals surface area contributed by atoms with E-state index in [9.17, 15) is 4.79 Å². The third-order valence-electron chi connectivity index (χ3n) is 6.37. The number of esters is 1. The molecule has 0 saturated carbocycles. The van der Waals surface area contributed by atoms with Crippen LogP contribution in [0.4, 0.5) is 0 Å². The van der Waals surface area contributed by atoms with Gasteiger partial charge in [-0.05, 0) is 62.8 Å². The molecule has 3 aliphatic rings. The van der Waals surface area contributed by atoms with Crippen molar-refractivity contribution in [1.82, 2.24) is 9.80 Å². The maximum absolute atomic E-state index is 11.8. The molecule has 1 atom stereocenters. The van der Waals surface area contributed by atoms with Crippen molar-refractivity contribution in [3.05, 3.63) is 35.9 Å². The van der Waals surface area contributed by atoms with E-state index >= 15 is 0 Å². The number of ether oxygens (including phenoxy) is 1. The molecule has 24 heavy (non-hydrogen) atoms. The summed E-state index contributed by atoms with van der Waals surface area (Å²) in [4.78, 5) is 16.8. The van der Waals surface area contributed by atoms with Crippen LogP contribution < -0.4 is 0 Å². The van der Waals surface area contributed by atoms with Crippen LogP contribution in [0.5, 0.6) is 0 Å². The number of likely N-dealkylation sites (tertiary alicyclic amines) is 2. The molecule has 3 heterocycles. The Morgan fingerprint density at radius 3 is 2.29 bits per heavy atom. The van der Waals surface area contributed by atoms with Crippen LogP contribution >= 0.6 is 0 Å². The summed E-state index contributed by atoms with van der Waals surface area (Å²) in [5.74, 6) is 0.00336. The lowest BCUT2D eigenvalue weighted by Gasteiger charge is -2.47. The molecule has 0 N–H and O–H groups in total. The van der Waals surface area contributed by atoms with Crippen molar-refractivity contribution < 1.29 is 9.53 Å². The van der Waals surface area contributed by atoms with Crippen molar-refractivity contribution in [2.45, 2.75) is 44.7 Å². The smallest absolute Gasteiger partial charge is 0.323 e. The summed E-state index contributed by atoms with van der Waals surface area (Å²) in [5.41, 5.74) is 1.94. The first-order valence-electron chi connectivity index (χ1n) is 9.41. The molecule has 3 aliphatic heterocycles. The van der Waals surface area contributed by atoms with Crippen LogP contribution in [-0.2, 0) is 16.1 Å². The average molecular weight is 328 g/mol. The van der Waals surface area contributed by atoms with E-state index in [4.69, 9.17) is 4.74 Å². The highest BCUT2D eigenvalue weighted by molar-refractivity contribution is 5.77. The number of benzene rings is 1. The summed E-state index contributed by atoms with van der Waals surface area (Å²) in [7, 11) is 0. The van der Waals surface area contributed by atoms with Crippen molar-refractivity contribution in [2.75, 3.05) is 32.8 Å². The minimum Gasteiger partial charge on any atom is -0.464 e. The number of carbonyl (C=O) groups is 1. The normalized spacial score (nSPS) is 28.2. The topological polar surface area (TPSA) is 32.8 Å². The molecule has 4 rings (SSSR count). The minimum atomic E-state index is 0.00336. The number of hydrogen-bond acceptors (Lipinski definition) is 4. The van der Waals surface area contributed by atoms with Crippen molar-refractivity contribution in [3.63, 3.8) is 0 Å². The van der Waals surface area contributed by atoms with E-state index in [-0.39, 0.29) is 12.0 Å². The fourth-order valence-electron chi connectivity index (χ4n) is 4.65.